The van der Waals surface area contributed by atoms with E-state index >= 15 is 0 Å². The monoisotopic (exact) mass is 280 g/mol. The molecule has 2 heterocycles. The summed E-state index contributed by atoms with van der Waals surface area (Å²) in [6.07, 6.45) is 13.7. The molecule has 2 nitrogen and oxygen atoms in total. The second-order valence-electron chi connectivity index (χ2n) is 6.24. The Balaban J connectivity index is 1.64. The van der Waals surface area contributed by atoms with Gasteiger partial charge in [-0.1, -0.05) is 30.4 Å². The molecule has 2 heteroatoms. The average molecular weight is 280 g/mol. The molecule has 0 spiro atoms. The fraction of sp³-hybridized carbons (Fsp3) is 0.421. The number of pyridine rings is 1. The first-order chi connectivity index (χ1) is 10.2. The fourth-order valence-electron chi connectivity index (χ4n) is 3.14. The fourth-order valence-corrected chi connectivity index (χ4v) is 3.14. The molecule has 0 amide bonds. The highest BCUT2D eigenvalue weighted by molar-refractivity contribution is 5.32. The van der Waals surface area contributed by atoms with Gasteiger partial charge in [0.25, 0.3) is 0 Å². The summed E-state index contributed by atoms with van der Waals surface area (Å²) in [5.41, 5.74) is 4.99. The third kappa shape index (κ3) is 3.44. The van der Waals surface area contributed by atoms with Crippen LogP contribution in [0.15, 0.2) is 54.4 Å². The van der Waals surface area contributed by atoms with Gasteiger partial charge in [0.15, 0.2) is 0 Å². The van der Waals surface area contributed by atoms with Crippen LogP contribution < -0.4 is 0 Å². The first-order valence-electron chi connectivity index (χ1n) is 7.95. The summed E-state index contributed by atoms with van der Waals surface area (Å²) < 4.78 is 0. The molecule has 0 N–H and O–H groups in total. The molecule has 1 fully saturated rings. The smallest absolute Gasteiger partial charge is 0.0444 e. The first-order valence-corrected chi connectivity index (χ1v) is 7.95. The normalized spacial score (nSPS) is 21.5. The van der Waals surface area contributed by atoms with Crippen molar-refractivity contribution in [1.82, 2.24) is 9.88 Å². The van der Waals surface area contributed by atoms with Crippen molar-refractivity contribution in [3.8, 4) is 0 Å². The number of rotatable bonds is 4. The average Bonchev–Trinajstić information content (AvgIpc) is 3.02. The molecule has 1 unspecified atom stereocenters. The van der Waals surface area contributed by atoms with Crippen LogP contribution in [-0.2, 0) is 6.42 Å². The Bertz CT molecular complexity index is 560. The van der Waals surface area contributed by atoms with Crippen LogP contribution in [0.2, 0.25) is 0 Å². The number of nitrogens with zero attached hydrogens (tertiary/aromatic N) is 2. The number of hydrogen-bond donors (Lipinski definition) is 0. The van der Waals surface area contributed by atoms with E-state index in [4.69, 9.17) is 0 Å². The van der Waals surface area contributed by atoms with Gasteiger partial charge in [0, 0.05) is 43.0 Å². The van der Waals surface area contributed by atoms with E-state index in [1.165, 1.54) is 37.2 Å². The van der Waals surface area contributed by atoms with Gasteiger partial charge in [-0.05, 0) is 43.9 Å². The van der Waals surface area contributed by atoms with E-state index in [-0.39, 0.29) is 0 Å². The minimum atomic E-state index is 0.475. The van der Waals surface area contributed by atoms with Crippen LogP contribution in [-0.4, -0.2) is 23.0 Å². The Morgan fingerprint density at radius 2 is 2.14 bits per heavy atom. The molecular formula is C19H24N2. The molecule has 0 radical (unpaired) electrons. The van der Waals surface area contributed by atoms with Crippen LogP contribution in [0.5, 0.6) is 0 Å². The summed E-state index contributed by atoms with van der Waals surface area (Å²) >= 11 is 0. The van der Waals surface area contributed by atoms with E-state index in [0.717, 1.165) is 24.1 Å². The molecule has 21 heavy (non-hydrogen) atoms. The lowest BCUT2D eigenvalue weighted by Crippen LogP contribution is -2.18. The summed E-state index contributed by atoms with van der Waals surface area (Å²) in [4.78, 5) is 7.07. The molecule has 0 bridgehead atoms. The maximum absolute atomic E-state index is 4.56. The van der Waals surface area contributed by atoms with Crippen molar-refractivity contribution in [2.45, 2.75) is 38.5 Å². The summed E-state index contributed by atoms with van der Waals surface area (Å²) in [6.45, 7) is 8.43. The van der Waals surface area contributed by atoms with Crippen molar-refractivity contribution in [2.75, 3.05) is 13.1 Å². The van der Waals surface area contributed by atoms with E-state index in [9.17, 15) is 0 Å². The van der Waals surface area contributed by atoms with Crippen LogP contribution in [0.1, 0.15) is 43.4 Å². The Labute approximate surface area is 127 Å². The van der Waals surface area contributed by atoms with E-state index < -0.39 is 0 Å². The second kappa shape index (κ2) is 6.30. The minimum Gasteiger partial charge on any atom is -0.372 e. The Morgan fingerprint density at radius 1 is 1.33 bits per heavy atom. The topological polar surface area (TPSA) is 16.1 Å². The van der Waals surface area contributed by atoms with Gasteiger partial charge in [-0.2, -0.15) is 0 Å². The molecule has 1 aliphatic heterocycles. The predicted molar refractivity (Wildman–Crippen MR) is 88.1 cm³/mol. The molecule has 0 saturated carbocycles. The molecule has 1 aliphatic carbocycles. The summed E-state index contributed by atoms with van der Waals surface area (Å²) in [5, 5.41) is 0. The molecule has 0 aromatic carbocycles. The number of hydrogen-bond acceptors (Lipinski definition) is 2. The van der Waals surface area contributed by atoms with Gasteiger partial charge in [0.2, 0.25) is 0 Å². The summed E-state index contributed by atoms with van der Waals surface area (Å²) in [6, 6.07) is 4.35. The van der Waals surface area contributed by atoms with E-state index in [0.29, 0.717) is 5.92 Å². The largest absolute Gasteiger partial charge is 0.372 e. The molecular weight excluding hydrogens is 256 g/mol. The second-order valence-corrected chi connectivity index (χ2v) is 6.24. The molecule has 1 atom stereocenters. The minimum absolute atomic E-state index is 0.475. The third-order valence-corrected chi connectivity index (χ3v) is 4.31. The Kier molecular flexibility index (Phi) is 4.23. The van der Waals surface area contributed by atoms with Gasteiger partial charge >= 0.3 is 0 Å². The van der Waals surface area contributed by atoms with Crippen LogP contribution >= 0.6 is 0 Å². The lowest BCUT2D eigenvalue weighted by Gasteiger charge is -2.24. The highest BCUT2D eigenvalue weighted by Crippen LogP contribution is 2.29. The van der Waals surface area contributed by atoms with Crippen molar-refractivity contribution >= 4 is 0 Å². The predicted octanol–water partition coefficient (Wildman–Crippen LogP) is 4.22. The molecule has 1 aromatic heterocycles. The first kappa shape index (κ1) is 14.1. The third-order valence-electron chi connectivity index (χ3n) is 4.31. The van der Waals surface area contributed by atoms with Gasteiger partial charge in [-0.3, -0.25) is 4.98 Å². The summed E-state index contributed by atoms with van der Waals surface area (Å²) in [5.74, 6) is 0.475. The van der Waals surface area contributed by atoms with E-state index in [2.05, 4.69) is 46.8 Å². The lowest BCUT2D eigenvalue weighted by molar-refractivity contribution is 0.435. The Hall–Kier alpha value is -1.83. The SMILES string of the molecule is C=C(C)Cc1ccc(C2C=CC(N3CCCC3)=CC2)cn1. The van der Waals surface area contributed by atoms with Crippen molar-refractivity contribution in [2.24, 2.45) is 0 Å². The zero-order chi connectivity index (χ0) is 14.7. The molecule has 2 aliphatic rings. The van der Waals surface area contributed by atoms with Crippen LogP contribution in [0.3, 0.4) is 0 Å². The highest BCUT2D eigenvalue weighted by atomic mass is 15.1. The molecule has 1 aromatic rings. The number of likely N-dealkylation sites (tertiary alicyclic amines) is 1. The summed E-state index contributed by atoms with van der Waals surface area (Å²) in [7, 11) is 0. The molecule has 1 saturated heterocycles. The van der Waals surface area contributed by atoms with Crippen LogP contribution in [0, 0.1) is 0 Å². The van der Waals surface area contributed by atoms with Crippen molar-refractivity contribution in [3.63, 3.8) is 0 Å². The van der Waals surface area contributed by atoms with Gasteiger partial charge in [-0.15, -0.1) is 0 Å². The van der Waals surface area contributed by atoms with Gasteiger partial charge < -0.3 is 4.90 Å². The quantitative estimate of drug-likeness (QED) is 0.768. The maximum Gasteiger partial charge on any atom is 0.0444 e. The van der Waals surface area contributed by atoms with Gasteiger partial charge in [0.05, 0.1) is 0 Å². The number of aromatic nitrogens is 1. The van der Waals surface area contributed by atoms with Gasteiger partial charge in [0.1, 0.15) is 0 Å². The van der Waals surface area contributed by atoms with Crippen molar-refractivity contribution in [1.29, 1.82) is 0 Å². The maximum atomic E-state index is 4.56. The molecule has 110 valence electrons. The van der Waals surface area contributed by atoms with E-state index in [1.807, 2.05) is 13.1 Å². The lowest BCUT2D eigenvalue weighted by atomic mass is 9.92. The van der Waals surface area contributed by atoms with Gasteiger partial charge in [-0.25, -0.2) is 0 Å². The molecule has 3 rings (SSSR count). The zero-order valence-corrected chi connectivity index (χ0v) is 12.9. The van der Waals surface area contributed by atoms with Crippen LogP contribution in [0.25, 0.3) is 0 Å². The van der Waals surface area contributed by atoms with Crippen LogP contribution in [0.4, 0.5) is 0 Å². The Morgan fingerprint density at radius 3 is 2.71 bits per heavy atom. The van der Waals surface area contributed by atoms with Crippen molar-refractivity contribution < 1.29 is 0 Å². The zero-order valence-electron chi connectivity index (χ0n) is 12.9. The van der Waals surface area contributed by atoms with Crippen molar-refractivity contribution in [3.05, 3.63) is 65.7 Å². The van der Waals surface area contributed by atoms with E-state index in [1.54, 1.807) is 0 Å². The number of allylic oxidation sites excluding steroid dienone is 4. The highest BCUT2D eigenvalue weighted by Gasteiger charge is 2.17. The standard InChI is InChI=1S/C19H24N2/c1-15(2)13-18-8-5-17(14-20-18)16-6-9-19(10-7-16)21-11-3-4-12-21/h5-6,8-10,14,16H,1,3-4,7,11-13H2,2H3.